The number of halogens is 1. The molecule has 0 aromatic heterocycles. The monoisotopic (exact) mass is 458 g/mol. The second kappa shape index (κ2) is 10.9. The molecule has 1 unspecified atom stereocenters. The van der Waals surface area contributed by atoms with Gasteiger partial charge in [-0.15, -0.1) is 24.0 Å². The molecular weight excluding hydrogens is 427 g/mol. The summed E-state index contributed by atoms with van der Waals surface area (Å²) in [7, 11) is 0. The van der Waals surface area contributed by atoms with Crippen LogP contribution in [0.1, 0.15) is 26.2 Å². The highest BCUT2D eigenvalue weighted by Crippen LogP contribution is 2.28. The maximum absolute atomic E-state index is 5.66. The summed E-state index contributed by atoms with van der Waals surface area (Å²) in [5.74, 6) is 1.73. The van der Waals surface area contributed by atoms with Crippen molar-refractivity contribution in [3.05, 3.63) is 30.3 Å². The molecule has 0 bridgehead atoms. The average molecular weight is 458 g/mol. The summed E-state index contributed by atoms with van der Waals surface area (Å²) < 4.78 is 5.66. The Balaban J connectivity index is 0.00000225. The summed E-state index contributed by atoms with van der Waals surface area (Å²) in [6, 6.07) is 11.1. The van der Waals surface area contributed by atoms with Gasteiger partial charge in [-0.1, -0.05) is 18.2 Å². The Kier molecular flexibility index (Phi) is 8.81. The van der Waals surface area contributed by atoms with Crippen LogP contribution in [0.3, 0.4) is 0 Å². The van der Waals surface area contributed by atoms with E-state index in [4.69, 9.17) is 4.74 Å². The van der Waals surface area contributed by atoms with Gasteiger partial charge in [-0.2, -0.15) is 0 Å². The summed E-state index contributed by atoms with van der Waals surface area (Å²) in [6.45, 7) is 7.44. The predicted molar refractivity (Wildman–Crippen MR) is 115 cm³/mol. The number of guanidine groups is 1. The fourth-order valence-corrected chi connectivity index (χ4v) is 3.02. The van der Waals surface area contributed by atoms with Crippen molar-refractivity contribution in [2.45, 2.75) is 32.2 Å². The SMILES string of the molecule is CCNC(=NCCOCC1CC1)NC1CCN(c2ccccc2)C1.I. The second-order valence-electron chi connectivity index (χ2n) is 6.69. The molecule has 1 saturated carbocycles. The maximum atomic E-state index is 5.66. The number of nitrogens with one attached hydrogen (secondary N) is 2. The molecule has 0 radical (unpaired) electrons. The lowest BCUT2D eigenvalue weighted by Gasteiger charge is -2.20. The largest absolute Gasteiger partial charge is 0.379 e. The molecule has 2 aliphatic rings. The highest BCUT2D eigenvalue weighted by atomic mass is 127. The molecule has 1 aliphatic heterocycles. The van der Waals surface area contributed by atoms with E-state index < -0.39 is 0 Å². The van der Waals surface area contributed by atoms with Gasteiger partial charge in [-0.3, -0.25) is 4.99 Å². The number of aliphatic imine (C=N–C) groups is 1. The normalized spacial score (nSPS) is 20.3. The highest BCUT2D eigenvalue weighted by Gasteiger charge is 2.23. The van der Waals surface area contributed by atoms with Gasteiger partial charge >= 0.3 is 0 Å². The molecule has 0 amide bonds. The lowest BCUT2D eigenvalue weighted by molar-refractivity contribution is 0.131. The van der Waals surface area contributed by atoms with E-state index in [1.165, 1.54) is 18.5 Å². The van der Waals surface area contributed by atoms with E-state index in [9.17, 15) is 0 Å². The van der Waals surface area contributed by atoms with E-state index in [-0.39, 0.29) is 24.0 Å². The third-order valence-corrected chi connectivity index (χ3v) is 4.55. The molecule has 1 saturated heterocycles. The zero-order valence-electron chi connectivity index (χ0n) is 15.1. The third kappa shape index (κ3) is 7.01. The van der Waals surface area contributed by atoms with Crippen LogP contribution in [0, 0.1) is 5.92 Å². The number of rotatable bonds is 8. The Hall–Kier alpha value is -1.02. The van der Waals surface area contributed by atoms with Gasteiger partial charge in [0.1, 0.15) is 0 Å². The van der Waals surface area contributed by atoms with Crippen molar-refractivity contribution in [2.75, 3.05) is 44.3 Å². The van der Waals surface area contributed by atoms with Crippen LogP contribution in [0.5, 0.6) is 0 Å². The van der Waals surface area contributed by atoms with Crippen LogP contribution in [-0.2, 0) is 4.74 Å². The van der Waals surface area contributed by atoms with Crippen LogP contribution in [0.25, 0.3) is 0 Å². The van der Waals surface area contributed by atoms with Crippen molar-refractivity contribution in [3.63, 3.8) is 0 Å². The van der Waals surface area contributed by atoms with E-state index in [1.807, 2.05) is 0 Å². The van der Waals surface area contributed by atoms with Crippen LogP contribution in [0.15, 0.2) is 35.3 Å². The Bertz CT molecular complexity index is 521. The van der Waals surface area contributed by atoms with Crippen molar-refractivity contribution < 1.29 is 4.74 Å². The second-order valence-corrected chi connectivity index (χ2v) is 6.69. The van der Waals surface area contributed by atoms with Gasteiger partial charge in [-0.25, -0.2) is 0 Å². The molecule has 1 aromatic carbocycles. The summed E-state index contributed by atoms with van der Waals surface area (Å²) in [6.07, 6.45) is 3.82. The van der Waals surface area contributed by atoms with E-state index >= 15 is 0 Å². The number of hydrogen-bond donors (Lipinski definition) is 2. The Morgan fingerprint density at radius 3 is 2.76 bits per heavy atom. The number of ether oxygens (including phenoxy) is 1. The van der Waals surface area contributed by atoms with Gasteiger partial charge in [0.15, 0.2) is 5.96 Å². The maximum Gasteiger partial charge on any atom is 0.191 e. The lowest BCUT2D eigenvalue weighted by Crippen LogP contribution is -2.44. The molecule has 1 aromatic rings. The first kappa shape index (κ1) is 20.3. The van der Waals surface area contributed by atoms with Crippen molar-refractivity contribution in [1.82, 2.24) is 10.6 Å². The van der Waals surface area contributed by atoms with Crippen LogP contribution in [0.4, 0.5) is 5.69 Å². The summed E-state index contributed by atoms with van der Waals surface area (Å²) in [5.41, 5.74) is 1.30. The third-order valence-electron chi connectivity index (χ3n) is 4.55. The van der Waals surface area contributed by atoms with E-state index in [2.05, 4.69) is 57.8 Å². The van der Waals surface area contributed by atoms with Gasteiger partial charge in [0.2, 0.25) is 0 Å². The summed E-state index contributed by atoms with van der Waals surface area (Å²) in [5, 5.41) is 6.91. The minimum atomic E-state index is 0. The number of para-hydroxylation sites is 1. The van der Waals surface area contributed by atoms with Crippen molar-refractivity contribution in [1.29, 1.82) is 0 Å². The van der Waals surface area contributed by atoms with Crippen molar-refractivity contribution >= 4 is 35.6 Å². The molecule has 5 nitrogen and oxygen atoms in total. The molecule has 1 atom stereocenters. The standard InChI is InChI=1S/C19H30N4O.HI/c1-2-20-19(21-11-13-24-15-16-8-9-16)22-17-10-12-23(14-17)18-6-4-3-5-7-18;/h3-7,16-17H,2,8-15H2,1H3,(H2,20,21,22);1H. The van der Waals surface area contributed by atoms with E-state index in [1.54, 1.807) is 0 Å². The Morgan fingerprint density at radius 1 is 1.24 bits per heavy atom. The van der Waals surface area contributed by atoms with Crippen LogP contribution in [0.2, 0.25) is 0 Å². The van der Waals surface area contributed by atoms with Crippen LogP contribution >= 0.6 is 24.0 Å². The topological polar surface area (TPSA) is 48.9 Å². The minimum Gasteiger partial charge on any atom is -0.379 e. The first-order chi connectivity index (χ1) is 11.8. The highest BCUT2D eigenvalue weighted by molar-refractivity contribution is 14.0. The lowest BCUT2D eigenvalue weighted by atomic mass is 10.3. The van der Waals surface area contributed by atoms with Gasteiger partial charge < -0.3 is 20.3 Å². The van der Waals surface area contributed by atoms with Crippen LogP contribution < -0.4 is 15.5 Å². The molecule has 2 fully saturated rings. The molecule has 140 valence electrons. The molecule has 3 rings (SSSR count). The molecular formula is C19H31IN4O. The summed E-state index contributed by atoms with van der Waals surface area (Å²) in [4.78, 5) is 7.07. The number of anilines is 1. The zero-order valence-corrected chi connectivity index (χ0v) is 17.4. The number of hydrogen-bond acceptors (Lipinski definition) is 3. The first-order valence-corrected chi connectivity index (χ1v) is 9.27. The first-order valence-electron chi connectivity index (χ1n) is 9.27. The quantitative estimate of drug-likeness (QED) is 0.272. The molecule has 2 N–H and O–H groups in total. The molecule has 1 heterocycles. The fourth-order valence-electron chi connectivity index (χ4n) is 3.02. The van der Waals surface area contributed by atoms with Crippen molar-refractivity contribution in [2.24, 2.45) is 10.9 Å². The Morgan fingerprint density at radius 2 is 2.04 bits per heavy atom. The van der Waals surface area contributed by atoms with Gasteiger partial charge in [0.05, 0.1) is 13.2 Å². The molecule has 1 aliphatic carbocycles. The number of benzene rings is 1. The van der Waals surface area contributed by atoms with E-state index in [0.29, 0.717) is 12.6 Å². The fraction of sp³-hybridized carbons (Fsp3) is 0.632. The van der Waals surface area contributed by atoms with Gasteiger partial charge in [0.25, 0.3) is 0 Å². The molecule has 0 spiro atoms. The van der Waals surface area contributed by atoms with Crippen molar-refractivity contribution in [3.8, 4) is 0 Å². The van der Waals surface area contributed by atoms with Gasteiger partial charge in [-0.05, 0) is 44.2 Å². The van der Waals surface area contributed by atoms with Crippen LogP contribution in [-0.4, -0.2) is 51.4 Å². The Labute approximate surface area is 168 Å². The zero-order chi connectivity index (χ0) is 16.6. The molecule has 25 heavy (non-hydrogen) atoms. The predicted octanol–water partition coefficient (Wildman–Crippen LogP) is 2.87. The smallest absolute Gasteiger partial charge is 0.191 e. The molecule has 6 heteroatoms. The average Bonchev–Trinajstić information content (AvgIpc) is 3.32. The minimum absolute atomic E-state index is 0. The van der Waals surface area contributed by atoms with E-state index in [0.717, 1.165) is 51.1 Å². The van der Waals surface area contributed by atoms with Gasteiger partial charge in [0, 0.05) is 38.0 Å². The number of nitrogens with zero attached hydrogens (tertiary/aromatic N) is 2. The summed E-state index contributed by atoms with van der Waals surface area (Å²) >= 11 is 0.